The van der Waals surface area contributed by atoms with Crippen molar-refractivity contribution in [1.29, 1.82) is 0 Å². The van der Waals surface area contributed by atoms with Gasteiger partial charge in [-0.3, -0.25) is 4.98 Å². The van der Waals surface area contributed by atoms with Crippen LogP contribution in [0.5, 0.6) is 0 Å². The van der Waals surface area contributed by atoms with Crippen LogP contribution < -0.4 is 10.6 Å². The lowest BCUT2D eigenvalue weighted by Crippen LogP contribution is -2.23. The molecule has 5 heteroatoms. The van der Waals surface area contributed by atoms with Gasteiger partial charge in [-0.2, -0.15) is 0 Å². The lowest BCUT2D eigenvalue weighted by atomic mass is 10.2. The van der Waals surface area contributed by atoms with Gasteiger partial charge in [0.1, 0.15) is 0 Å². The fourth-order valence-corrected chi connectivity index (χ4v) is 2.05. The first-order valence-corrected chi connectivity index (χ1v) is 6.11. The minimum absolute atomic E-state index is 0.439. The van der Waals surface area contributed by atoms with Gasteiger partial charge in [0, 0.05) is 48.5 Å². The number of hydrogen-bond acceptors (Lipinski definition) is 5. The summed E-state index contributed by atoms with van der Waals surface area (Å²) in [6, 6.07) is 4.35. The molecule has 2 N–H and O–H groups in total. The van der Waals surface area contributed by atoms with E-state index in [0.717, 1.165) is 30.6 Å². The average molecular weight is 241 g/mol. The van der Waals surface area contributed by atoms with Gasteiger partial charge in [-0.05, 0) is 19.0 Å². The summed E-state index contributed by atoms with van der Waals surface area (Å²) in [6.45, 7) is 2.04. The summed E-state index contributed by atoms with van der Waals surface area (Å²) in [4.78, 5) is 12.8. The van der Waals surface area contributed by atoms with Gasteiger partial charge in [-0.1, -0.05) is 6.07 Å². The first-order chi connectivity index (χ1) is 8.92. The van der Waals surface area contributed by atoms with Crippen molar-refractivity contribution in [3.8, 4) is 11.1 Å². The molecular formula is C13H15N5. The molecule has 1 atom stereocenters. The van der Waals surface area contributed by atoms with Crippen molar-refractivity contribution in [3.63, 3.8) is 0 Å². The molecular weight excluding hydrogens is 226 g/mol. The summed E-state index contributed by atoms with van der Waals surface area (Å²) >= 11 is 0. The Labute approximate surface area is 106 Å². The maximum absolute atomic E-state index is 4.34. The fourth-order valence-electron chi connectivity index (χ4n) is 2.05. The molecule has 0 bridgehead atoms. The van der Waals surface area contributed by atoms with Gasteiger partial charge in [0.2, 0.25) is 5.95 Å². The molecule has 0 radical (unpaired) electrons. The van der Waals surface area contributed by atoms with Crippen molar-refractivity contribution in [1.82, 2.24) is 20.3 Å². The van der Waals surface area contributed by atoms with Gasteiger partial charge < -0.3 is 10.6 Å². The molecule has 0 spiro atoms. The zero-order valence-corrected chi connectivity index (χ0v) is 10.0. The van der Waals surface area contributed by atoms with Crippen LogP contribution in [0, 0.1) is 0 Å². The Morgan fingerprint density at radius 3 is 2.72 bits per heavy atom. The van der Waals surface area contributed by atoms with Crippen molar-refractivity contribution in [2.24, 2.45) is 0 Å². The van der Waals surface area contributed by atoms with E-state index in [9.17, 15) is 0 Å². The predicted molar refractivity (Wildman–Crippen MR) is 70.2 cm³/mol. The van der Waals surface area contributed by atoms with Crippen molar-refractivity contribution >= 4 is 5.95 Å². The van der Waals surface area contributed by atoms with Crippen molar-refractivity contribution < 1.29 is 0 Å². The molecule has 2 aromatic heterocycles. The molecule has 1 unspecified atom stereocenters. The lowest BCUT2D eigenvalue weighted by molar-refractivity contribution is 0.780. The molecule has 1 aliphatic heterocycles. The van der Waals surface area contributed by atoms with Gasteiger partial charge in [0.05, 0.1) is 0 Å². The normalized spacial score (nSPS) is 18.8. The summed E-state index contributed by atoms with van der Waals surface area (Å²) in [5.41, 5.74) is 2.02. The number of anilines is 1. The molecule has 1 saturated heterocycles. The Bertz CT molecular complexity index is 491. The van der Waals surface area contributed by atoms with Crippen LogP contribution in [0.1, 0.15) is 6.42 Å². The van der Waals surface area contributed by atoms with E-state index >= 15 is 0 Å². The minimum Gasteiger partial charge on any atom is -0.350 e. The molecule has 3 heterocycles. The fraction of sp³-hybridized carbons (Fsp3) is 0.308. The molecule has 1 fully saturated rings. The topological polar surface area (TPSA) is 62.7 Å². The molecule has 92 valence electrons. The van der Waals surface area contributed by atoms with E-state index in [1.54, 1.807) is 6.20 Å². The van der Waals surface area contributed by atoms with E-state index in [1.807, 2.05) is 30.7 Å². The van der Waals surface area contributed by atoms with Crippen LogP contribution in [0.3, 0.4) is 0 Å². The second kappa shape index (κ2) is 5.10. The highest BCUT2D eigenvalue weighted by molar-refractivity contribution is 5.60. The highest BCUT2D eigenvalue weighted by Gasteiger charge is 2.14. The monoisotopic (exact) mass is 241 g/mol. The zero-order valence-electron chi connectivity index (χ0n) is 10.0. The third-order valence-corrected chi connectivity index (χ3v) is 3.04. The van der Waals surface area contributed by atoms with Gasteiger partial charge in [-0.15, -0.1) is 0 Å². The molecule has 18 heavy (non-hydrogen) atoms. The summed E-state index contributed by atoms with van der Waals surface area (Å²) in [5, 5.41) is 6.62. The van der Waals surface area contributed by atoms with Crippen molar-refractivity contribution in [3.05, 3.63) is 36.9 Å². The van der Waals surface area contributed by atoms with Crippen LogP contribution in [0.2, 0.25) is 0 Å². The number of rotatable bonds is 3. The maximum Gasteiger partial charge on any atom is 0.222 e. The number of aromatic nitrogens is 3. The number of hydrogen-bond donors (Lipinski definition) is 2. The average Bonchev–Trinajstić information content (AvgIpc) is 2.94. The Morgan fingerprint density at radius 1 is 1.17 bits per heavy atom. The Balaban J connectivity index is 1.72. The highest BCUT2D eigenvalue weighted by atomic mass is 15.1. The molecule has 3 rings (SSSR count). The van der Waals surface area contributed by atoms with E-state index < -0.39 is 0 Å². The standard InChI is InChI=1S/C13H15N5/c1-2-10(6-14-4-1)11-7-16-13(17-8-11)18-12-3-5-15-9-12/h1-2,4,6-8,12,15H,3,5,9H2,(H,16,17,18). The third kappa shape index (κ3) is 2.46. The second-order valence-electron chi connectivity index (χ2n) is 4.37. The van der Waals surface area contributed by atoms with E-state index in [-0.39, 0.29) is 0 Å². The molecule has 0 aliphatic carbocycles. The van der Waals surface area contributed by atoms with Gasteiger partial charge >= 0.3 is 0 Å². The summed E-state index contributed by atoms with van der Waals surface area (Å²) in [6.07, 6.45) is 8.34. The number of nitrogens with one attached hydrogen (secondary N) is 2. The quantitative estimate of drug-likeness (QED) is 0.848. The highest BCUT2D eigenvalue weighted by Crippen LogP contribution is 2.16. The van der Waals surface area contributed by atoms with Gasteiger partial charge in [0.15, 0.2) is 0 Å². The van der Waals surface area contributed by atoms with Crippen LogP contribution in [0.15, 0.2) is 36.9 Å². The van der Waals surface area contributed by atoms with E-state index in [2.05, 4.69) is 25.6 Å². The van der Waals surface area contributed by atoms with Crippen molar-refractivity contribution in [2.75, 3.05) is 18.4 Å². The third-order valence-electron chi connectivity index (χ3n) is 3.04. The van der Waals surface area contributed by atoms with Crippen LogP contribution in [0.4, 0.5) is 5.95 Å². The van der Waals surface area contributed by atoms with Gasteiger partial charge in [-0.25, -0.2) is 9.97 Å². The van der Waals surface area contributed by atoms with Crippen LogP contribution in [0.25, 0.3) is 11.1 Å². The smallest absolute Gasteiger partial charge is 0.222 e. The Kier molecular flexibility index (Phi) is 3.14. The van der Waals surface area contributed by atoms with Gasteiger partial charge in [0.25, 0.3) is 0 Å². The summed E-state index contributed by atoms with van der Waals surface area (Å²) < 4.78 is 0. The minimum atomic E-state index is 0.439. The molecule has 1 aliphatic rings. The van der Waals surface area contributed by atoms with Crippen LogP contribution in [-0.2, 0) is 0 Å². The molecule has 0 saturated carbocycles. The molecule has 5 nitrogen and oxygen atoms in total. The predicted octanol–water partition coefficient (Wildman–Crippen LogP) is 1.31. The van der Waals surface area contributed by atoms with Crippen molar-refractivity contribution in [2.45, 2.75) is 12.5 Å². The summed E-state index contributed by atoms with van der Waals surface area (Å²) in [7, 11) is 0. The van der Waals surface area contributed by atoms with Crippen LogP contribution in [-0.4, -0.2) is 34.1 Å². The lowest BCUT2D eigenvalue weighted by Gasteiger charge is -2.10. The van der Waals surface area contributed by atoms with E-state index in [1.165, 1.54) is 0 Å². The molecule has 0 aromatic carbocycles. The van der Waals surface area contributed by atoms with Crippen LogP contribution >= 0.6 is 0 Å². The number of nitrogens with zero attached hydrogens (tertiary/aromatic N) is 3. The second-order valence-corrected chi connectivity index (χ2v) is 4.37. The molecule has 2 aromatic rings. The zero-order chi connectivity index (χ0) is 12.2. The first kappa shape index (κ1) is 11.1. The maximum atomic E-state index is 4.34. The Hall–Kier alpha value is -2.01. The summed E-state index contributed by atoms with van der Waals surface area (Å²) in [5.74, 6) is 0.691. The molecule has 0 amide bonds. The largest absolute Gasteiger partial charge is 0.350 e. The van der Waals surface area contributed by atoms with E-state index in [4.69, 9.17) is 0 Å². The SMILES string of the molecule is c1cncc(-c2cnc(NC3CCNC3)nc2)c1. The number of pyridine rings is 1. The Morgan fingerprint density at radius 2 is 2.06 bits per heavy atom. The van der Waals surface area contributed by atoms with E-state index in [0.29, 0.717) is 12.0 Å². The first-order valence-electron chi connectivity index (χ1n) is 6.11.